The van der Waals surface area contributed by atoms with Crippen LogP contribution in [0.15, 0.2) is 48.5 Å². The third-order valence-corrected chi connectivity index (χ3v) is 3.20. The van der Waals surface area contributed by atoms with E-state index >= 15 is 0 Å². The Hall–Kier alpha value is -3.00. The number of hydrogen-bond donors (Lipinski definition) is 1. The van der Waals surface area contributed by atoms with E-state index in [2.05, 4.69) is 17.2 Å². The van der Waals surface area contributed by atoms with Crippen molar-refractivity contribution < 1.29 is 18.7 Å². The second-order valence-electron chi connectivity index (χ2n) is 5.11. The summed E-state index contributed by atoms with van der Waals surface area (Å²) >= 11 is 0. The number of halogens is 1. The van der Waals surface area contributed by atoms with Gasteiger partial charge in [0.25, 0.3) is 0 Å². The molecule has 0 radical (unpaired) electrons. The van der Waals surface area contributed by atoms with Gasteiger partial charge in [0.15, 0.2) is 0 Å². The predicted molar refractivity (Wildman–Crippen MR) is 93.7 cm³/mol. The highest BCUT2D eigenvalue weighted by molar-refractivity contribution is 5.67. The molecule has 2 aromatic rings. The Morgan fingerprint density at radius 3 is 2.76 bits per heavy atom. The van der Waals surface area contributed by atoms with E-state index in [0.717, 1.165) is 5.56 Å². The molecule has 130 valence electrons. The number of carbonyl (C=O) groups is 1. The van der Waals surface area contributed by atoms with Crippen LogP contribution in [0.5, 0.6) is 5.75 Å². The molecular weight excluding hydrogens is 321 g/mol. The fourth-order valence-electron chi connectivity index (χ4n) is 2.04. The molecule has 0 atom stereocenters. The summed E-state index contributed by atoms with van der Waals surface area (Å²) in [6, 6.07) is 13.7. The fraction of sp³-hybridized carbons (Fsp3) is 0.250. The van der Waals surface area contributed by atoms with Crippen LogP contribution in [0.1, 0.15) is 24.5 Å². The number of benzene rings is 2. The molecule has 2 aromatic carbocycles. The van der Waals surface area contributed by atoms with E-state index < -0.39 is 6.09 Å². The highest BCUT2D eigenvalue weighted by atomic mass is 19.1. The molecule has 4 nitrogen and oxygen atoms in total. The minimum absolute atomic E-state index is 0.222. The highest BCUT2D eigenvalue weighted by Crippen LogP contribution is 2.18. The van der Waals surface area contributed by atoms with E-state index in [-0.39, 0.29) is 12.4 Å². The van der Waals surface area contributed by atoms with E-state index in [4.69, 9.17) is 9.47 Å². The molecule has 0 fully saturated rings. The first-order valence-electron chi connectivity index (χ1n) is 8.05. The smallest absolute Gasteiger partial charge is 0.407 e. The molecule has 25 heavy (non-hydrogen) atoms. The zero-order chi connectivity index (χ0) is 17.9. The maximum atomic E-state index is 13.3. The summed E-state index contributed by atoms with van der Waals surface area (Å²) in [6.07, 6.45) is -0.0749. The molecule has 0 saturated heterocycles. The van der Waals surface area contributed by atoms with Crippen molar-refractivity contribution >= 4 is 6.09 Å². The number of hydrogen-bond acceptors (Lipinski definition) is 3. The lowest BCUT2D eigenvalue weighted by Crippen LogP contribution is -2.24. The first-order valence-corrected chi connectivity index (χ1v) is 8.05. The molecule has 0 heterocycles. The number of ether oxygens (including phenoxy) is 2. The van der Waals surface area contributed by atoms with Gasteiger partial charge in [0, 0.05) is 13.0 Å². The second kappa shape index (κ2) is 9.99. The quantitative estimate of drug-likeness (QED) is 0.640. The van der Waals surface area contributed by atoms with Gasteiger partial charge >= 0.3 is 6.09 Å². The first-order chi connectivity index (χ1) is 12.2. The lowest BCUT2D eigenvalue weighted by molar-refractivity contribution is 0.140. The topological polar surface area (TPSA) is 47.6 Å². The molecule has 0 aliphatic carbocycles. The Kier molecular flexibility index (Phi) is 7.33. The molecule has 1 N–H and O–H groups in total. The van der Waals surface area contributed by atoms with E-state index in [1.807, 2.05) is 37.3 Å². The van der Waals surface area contributed by atoms with E-state index in [1.54, 1.807) is 6.07 Å². The Morgan fingerprint density at radius 1 is 1.20 bits per heavy atom. The van der Waals surface area contributed by atoms with Crippen molar-refractivity contribution in [3.05, 3.63) is 65.5 Å². The summed E-state index contributed by atoms with van der Waals surface area (Å²) in [5, 5.41) is 2.62. The van der Waals surface area contributed by atoms with Gasteiger partial charge in [0.1, 0.15) is 18.2 Å². The Bertz CT molecular complexity index is 751. The minimum Gasteiger partial charge on any atom is -0.493 e. The lowest BCUT2D eigenvalue weighted by atomic mass is 10.2. The maximum Gasteiger partial charge on any atom is 0.407 e. The Balaban J connectivity index is 1.75. The predicted octanol–water partition coefficient (Wildman–Crippen LogP) is 3.89. The van der Waals surface area contributed by atoms with Gasteiger partial charge in [-0.1, -0.05) is 42.2 Å². The van der Waals surface area contributed by atoms with Crippen LogP contribution in [0.25, 0.3) is 0 Å². The van der Waals surface area contributed by atoms with Crippen LogP contribution < -0.4 is 10.1 Å². The van der Waals surface area contributed by atoms with Crippen LogP contribution in [0.2, 0.25) is 0 Å². The van der Waals surface area contributed by atoms with E-state index in [9.17, 15) is 9.18 Å². The van der Waals surface area contributed by atoms with Crippen molar-refractivity contribution in [2.75, 3.05) is 13.2 Å². The SMILES string of the molecule is CCOc1ccc(F)cc1C#CCCNC(=O)OCc1ccccc1. The molecule has 1 amide bonds. The maximum absolute atomic E-state index is 13.3. The summed E-state index contributed by atoms with van der Waals surface area (Å²) in [5.74, 6) is 5.94. The average Bonchev–Trinajstić information content (AvgIpc) is 2.63. The molecule has 0 saturated carbocycles. The van der Waals surface area contributed by atoms with Gasteiger partial charge in [-0.05, 0) is 30.7 Å². The molecule has 0 spiro atoms. The largest absolute Gasteiger partial charge is 0.493 e. The number of nitrogens with one attached hydrogen (secondary N) is 1. The summed E-state index contributed by atoms with van der Waals surface area (Å²) in [5.41, 5.74) is 1.42. The molecule has 0 bridgehead atoms. The fourth-order valence-corrected chi connectivity index (χ4v) is 2.04. The van der Waals surface area contributed by atoms with Crippen molar-refractivity contribution in [2.45, 2.75) is 20.0 Å². The molecule has 5 heteroatoms. The van der Waals surface area contributed by atoms with E-state index in [1.165, 1.54) is 12.1 Å². The van der Waals surface area contributed by atoms with Gasteiger partial charge in [-0.15, -0.1) is 0 Å². The van der Waals surface area contributed by atoms with Crippen molar-refractivity contribution in [3.8, 4) is 17.6 Å². The van der Waals surface area contributed by atoms with Gasteiger partial charge in [-0.3, -0.25) is 0 Å². The van der Waals surface area contributed by atoms with Crippen molar-refractivity contribution in [3.63, 3.8) is 0 Å². The van der Waals surface area contributed by atoms with E-state index in [0.29, 0.717) is 30.9 Å². The summed E-state index contributed by atoms with van der Waals surface area (Å²) < 4.78 is 23.8. The normalized spacial score (nSPS) is 9.68. The molecule has 0 aromatic heterocycles. The monoisotopic (exact) mass is 341 g/mol. The van der Waals surface area contributed by atoms with Crippen molar-refractivity contribution in [1.29, 1.82) is 0 Å². The zero-order valence-corrected chi connectivity index (χ0v) is 14.0. The average molecular weight is 341 g/mol. The van der Waals surface area contributed by atoms with Gasteiger partial charge in [0.2, 0.25) is 0 Å². The van der Waals surface area contributed by atoms with Gasteiger partial charge < -0.3 is 14.8 Å². The summed E-state index contributed by atoms with van der Waals surface area (Å²) in [7, 11) is 0. The number of alkyl carbamates (subject to hydrolysis) is 1. The van der Waals surface area contributed by atoms with Gasteiger partial charge in [0.05, 0.1) is 12.2 Å². The summed E-state index contributed by atoms with van der Waals surface area (Å²) in [4.78, 5) is 11.6. The molecule has 0 aliphatic heterocycles. The van der Waals surface area contributed by atoms with Crippen LogP contribution in [0.4, 0.5) is 9.18 Å². The first kappa shape index (κ1) is 18.3. The third kappa shape index (κ3) is 6.56. The number of carbonyl (C=O) groups excluding carboxylic acids is 1. The number of rotatable bonds is 6. The molecule has 0 aliphatic rings. The van der Waals surface area contributed by atoms with Crippen LogP contribution in [-0.4, -0.2) is 19.2 Å². The Morgan fingerprint density at radius 2 is 2.00 bits per heavy atom. The second-order valence-corrected chi connectivity index (χ2v) is 5.11. The van der Waals surface area contributed by atoms with Gasteiger partial charge in [-0.25, -0.2) is 9.18 Å². The Labute approximate surface area is 147 Å². The minimum atomic E-state index is -0.494. The zero-order valence-electron chi connectivity index (χ0n) is 14.0. The lowest BCUT2D eigenvalue weighted by Gasteiger charge is -2.06. The molecule has 2 rings (SSSR count). The third-order valence-electron chi connectivity index (χ3n) is 3.20. The van der Waals surface area contributed by atoms with Crippen molar-refractivity contribution in [1.82, 2.24) is 5.32 Å². The van der Waals surface area contributed by atoms with Crippen LogP contribution in [-0.2, 0) is 11.3 Å². The highest BCUT2D eigenvalue weighted by Gasteiger charge is 2.03. The van der Waals surface area contributed by atoms with Crippen molar-refractivity contribution in [2.24, 2.45) is 0 Å². The van der Waals surface area contributed by atoms with Crippen LogP contribution >= 0.6 is 0 Å². The molecular formula is C20H20FNO3. The van der Waals surface area contributed by atoms with Crippen LogP contribution in [0.3, 0.4) is 0 Å². The summed E-state index contributed by atoms with van der Waals surface area (Å²) in [6.45, 7) is 2.90. The van der Waals surface area contributed by atoms with Crippen LogP contribution in [0, 0.1) is 17.7 Å². The standard InChI is InChI=1S/C20H20FNO3/c1-2-24-19-12-11-18(21)14-17(19)10-6-7-13-22-20(23)25-15-16-8-4-3-5-9-16/h3-5,8-9,11-12,14H,2,7,13,15H2,1H3,(H,22,23). The number of amides is 1. The molecule has 0 unspecified atom stereocenters. The van der Waals surface area contributed by atoms with Gasteiger partial charge in [-0.2, -0.15) is 0 Å².